The Labute approximate surface area is 89.9 Å². The highest BCUT2D eigenvalue weighted by Gasteiger charge is 2.32. The molecule has 2 rings (SSSR count). The fraction of sp³-hybridized carbons (Fsp3) is 0.333. The van der Waals surface area contributed by atoms with Gasteiger partial charge in [0.25, 0.3) is 5.75 Å². The number of nitrogens with zero attached hydrogens (tertiary/aromatic N) is 2. The second kappa shape index (κ2) is 3.76. The molecular formula is C9H8N2O5. The van der Waals surface area contributed by atoms with Crippen molar-refractivity contribution in [2.75, 3.05) is 0 Å². The molecule has 7 nitrogen and oxygen atoms in total. The van der Waals surface area contributed by atoms with Gasteiger partial charge in [0, 0.05) is 12.1 Å². The van der Waals surface area contributed by atoms with E-state index in [4.69, 9.17) is 4.74 Å². The molecular weight excluding hydrogens is 216 g/mol. The average molecular weight is 224 g/mol. The molecule has 1 aliphatic carbocycles. The van der Waals surface area contributed by atoms with E-state index in [1.165, 1.54) is 18.2 Å². The Morgan fingerprint density at radius 2 is 1.62 bits per heavy atom. The second-order valence-electron chi connectivity index (χ2n) is 3.46. The normalized spacial score (nSPS) is 14.5. The standard InChI is InChI=1S/C9H8N2O5/c12-10(13)7-2-1-3-8(11(14)15)9(7)16-6-4-5-6/h1-3,6H,4-5H2. The lowest BCUT2D eigenvalue weighted by Crippen LogP contribution is -2.03. The minimum atomic E-state index is -0.676. The van der Waals surface area contributed by atoms with Gasteiger partial charge < -0.3 is 4.74 Å². The van der Waals surface area contributed by atoms with Crippen LogP contribution in [0.2, 0.25) is 0 Å². The molecule has 1 aliphatic rings. The number of nitro groups is 2. The van der Waals surface area contributed by atoms with Crippen LogP contribution in [0, 0.1) is 20.2 Å². The molecule has 0 aliphatic heterocycles. The molecule has 0 spiro atoms. The summed E-state index contributed by atoms with van der Waals surface area (Å²) in [4.78, 5) is 20.1. The largest absolute Gasteiger partial charge is 0.479 e. The Morgan fingerprint density at radius 1 is 1.12 bits per heavy atom. The van der Waals surface area contributed by atoms with Crippen LogP contribution in [0.1, 0.15) is 12.8 Å². The Hall–Kier alpha value is -2.18. The van der Waals surface area contributed by atoms with Crippen molar-refractivity contribution in [1.29, 1.82) is 0 Å². The minimum Gasteiger partial charge on any atom is -0.479 e. The van der Waals surface area contributed by atoms with E-state index in [1.807, 2.05) is 0 Å². The van der Waals surface area contributed by atoms with Crippen molar-refractivity contribution in [3.8, 4) is 5.75 Å². The zero-order valence-corrected chi connectivity index (χ0v) is 8.16. The first-order valence-corrected chi connectivity index (χ1v) is 4.68. The van der Waals surface area contributed by atoms with Crippen LogP contribution in [0.25, 0.3) is 0 Å². The molecule has 84 valence electrons. The van der Waals surface area contributed by atoms with E-state index in [-0.39, 0.29) is 23.2 Å². The summed E-state index contributed by atoms with van der Waals surface area (Å²) in [5, 5.41) is 21.4. The van der Waals surface area contributed by atoms with Crippen LogP contribution in [0.3, 0.4) is 0 Å². The molecule has 1 aromatic rings. The molecule has 0 amide bonds. The summed E-state index contributed by atoms with van der Waals surface area (Å²) >= 11 is 0. The van der Waals surface area contributed by atoms with Crippen LogP contribution in [-0.2, 0) is 0 Å². The van der Waals surface area contributed by atoms with Crippen LogP contribution < -0.4 is 4.74 Å². The van der Waals surface area contributed by atoms with Crippen LogP contribution in [0.15, 0.2) is 18.2 Å². The molecule has 0 atom stereocenters. The average Bonchev–Trinajstić information content (AvgIpc) is 3.01. The Bertz CT molecular complexity index is 423. The van der Waals surface area contributed by atoms with Crippen molar-refractivity contribution in [2.24, 2.45) is 0 Å². The third-order valence-electron chi connectivity index (χ3n) is 2.18. The quantitative estimate of drug-likeness (QED) is 0.576. The first-order chi connectivity index (χ1) is 7.59. The molecule has 7 heteroatoms. The van der Waals surface area contributed by atoms with Crippen molar-refractivity contribution < 1.29 is 14.6 Å². The van der Waals surface area contributed by atoms with Gasteiger partial charge in [0.15, 0.2) is 0 Å². The van der Waals surface area contributed by atoms with Gasteiger partial charge in [0.2, 0.25) is 0 Å². The zero-order chi connectivity index (χ0) is 11.7. The monoisotopic (exact) mass is 224 g/mol. The third kappa shape index (κ3) is 1.92. The number of nitro benzene ring substituents is 2. The maximum absolute atomic E-state index is 10.7. The number of hydrogen-bond donors (Lipinski definition) is 0. The first kappa shape index (κ1) is 10.3. The molecule has 1 aromatic carbocycles. The fourth-order valence-electron chi connectivity index (χ4n) is 1.27. The van der Waals surface area contributed by atoms with E-state index >= 15 is 0 Å². The molecule has 1 saturated carbocycles. The predicted octanol–water partition coefficient (Wildman–Crippen LogP) is 2.04. The molecule has 0 saturated heterocycles. The molecule has 0 bridgehead atoms. The molecule has 0 heterocycles. The predicted molar refractivity (Wildman–Crippen MR) is 53.4 cm³/mol. The van der Waals surface area contributed by atoms with Gasteiger partial charge in [0.1, 0.15) is 0 Å². The zero-order valence-electron chi connectivity index (χ0n) is 8.16. The van der Waals surface area contributed by atoms with Gasteiger partial charge in [-0.25, -0.2) is 0 Å². The van der Waals surface area contributed by atoms with E-state index in [9.17, 15) is 20.2 Å². The Balaban J connectivity index is 2.47. The maximum atomic E-state index is 10.7. The lowest BCUT2D eigenvalue weighted by atomic mass is 10.2. The summed E-state index contributed by atoms with van der Waals surface area (Å²) in [6.45, 7) is 0. The molecule has 0 radical (unpaired) electrons. The number of para-hydroxylation sites is 1. The van der Waals surface area contributed by atoms with Crippen molar-refractivity contribution in [3.63, 3.8) is 0 Å². The summed E-state index contributed by atoms with van der Waals surface area (Å²) in [7, 11) is 0. The van der Waals surface area contributed by atoms with Gasteiger partial charge in [-0.3, -0.25) is 20.2 Å². The van der Waals surface area contributed by atoms with Gasteiger partial charge in [-0.05, 0) is 18.9 Å². The topological polar surface area (TPSA) is 95.5 Å². The highest BCUT2D eigenvalue weighted by Crippen LogP contribution is 2.40. The summed E-state index contributed by atoms with van der Waals surface area (Å²) in [6.07, 6.45) is 1.44. The third-order valence-corrected chi connectivity index (χ3v) is 2.18. The van der Waals surface area contributed by atoms with Gasteiger partial charge in [-0.2, -0.15) is 0 Å². The van der Waals surface area contributed by atoms with E-state index in [1.54, 1.807) is 0 Å². The Morgan fingerprint density at radius 3 is 2.00 bits per heavy atom. The summed E-state index contributed by atoms with van der Waals surface area (Å²) in [5.41, 5.74) is -0.720. The molecule has 0 unspecified atom stereocenters. The van der Waals surface area contributed by atoms with Crippen molar-refractivity contribution in [1.82, 2.24) is 0 Å². The van der Waals surface area contributed by atoms with Crippen LogP contribution in [0.5, 0.6) is 5.75 Å². The van der Waals surface area contributed by atoms with Crippen molar-refractivity contribution >= 4 is 11.4 Å². The van der Waals surface area contributed by atoms with Crippen molar-refractivity contribution in [2.45, 2.75) is 18.9 Å². The van der Waals surface area contributed by atoms with Gasteiger partial charge in [0.05, 0.1) is 16.0 Å². The SMILES string of the molecule is O=[N+]([O-])c1cccc([N+](=O)[O-])c1OC1CC1. The number of hydrogen-bond acceptors (Lipinski definition) is 5. The molecule has 0 aromatic heterocycles. The molecule has 1 fully saturated rings. The lowest BCUT2D eigenvalue weighted by molar-refractivity contribution is -0.396. The smallest absolute Gasteiger partial charge is 0.318 e. The molecule has 0 N–H and O–H groups in total. The van der Waals surface area contributed by atoms with E-state index in [0.29, 0.717) is 0 Å². The van der Waals surface area contributed by atoms with E-state index < -0.39 is 9.85 Å². The lowest BCUT2D eigenvalue weighted by Gasteiger charge is -2.05. The van der Waals surface area contributed by atoms with Crippen molar-refractivity contribution in [3.05, 3.63) is 38.4 Å². The van der Waals surface area contributed by atoms with Gasteiger partial charge in [-0.1, -0.05) is 0 Å². The van der Waals surface area contributed by atoms with Crippen LogP contribution >= 0.6 is 0 Å². The highest BCUT2D eigenvalue weighted by molar-refractivity contribution is 5.59. The van der Waals surface area contributed by atoms with Crippen LogP contribution in [-0.4, -0.2) is 16.0 Å². The number of rotatable bonds is 4. The second-order valence-corrected chi connectivity index (χ2v) is 3.46. The highest BCUT2D eigenvalue weighted by atomic mass is 16.6. The molecule has 16 heavy (non-hydrogen) atoms. The Kier molecular flexibility index (Phi) is 2.43. The number of benzene rings is 1. The van der Waals surface area contributed by atoms with E-state index in [2.05, 4.69) is 0 Å². The van der Waals surface area contributed by atoms with Gasteiger partial charge in [-0.15, -0.1) is 0 Å². The summed E-state index contributed by atoms with van der Waals surface area (Å²) in [5.74, 6) is -0.236. The van der Waals surface area contributed by atoms with Gasteiger partial charge >= 0.3 is 11.4 Å². The van der Waals surface area contributed by atoms with Crippen LogP contribution in [0.4, 0.5) is 11.4 Å². The first-order valence-electron chi connectivity index (χ1n) is 4.68. The summed E-state index contributed by atoms with van der Waals surface area (Å²) < 4.78 is 5.23. The maximum Gasteiger partial charge on any atom is 0.318 e. The minimum absolute atomic E-state index is 0.125. The number of ether oxygens (including phenoxy) is 1. The van der Waals surface area contributed by atoms with E-state index in [0.717, 1.165) is 12.8 Å². The summed E-state index contributed by atoms with van der Waals surface area (Å²) in [6, 6.07) is 3.67. The fourth-order valence-corrected chi connectivity index (χ4v) is 1.27.